The fraction of sp³-hybridized carbons (Fsp3) is 0.0714. The number of nitrogens with zero attached hydrogens (tertiary/aromatic N) is 2. The van der Waals surface area contributed by atoms with E-state index in [9.17, 15) is 9.59 Å². The molecule has 0 saturated carbocycles. The Bertz CT molecular complexity index is 830. The smallest absolute Gasteiger partial charge is 0.349 e. The number of benzene rings is 1. The van der Waals surface area contributed by atoms with Gasteiger partial charge in [-0.2, -0.15) is 0 Å². The molecule has 0 radical (unpaired) electrons. The second-order valence-corrected chi connectivity index (χ2v) is 4.13. The minimum absolute atomic E-state index is 0.000185. The maximum absolute atomic E-state index is 12.3. The predicted octanol–water partition coefficient (Wildman–Crippen LogP) is 1.99. The molecule has 3 aromatic rings. The first-order chi connectivity index (χ1) is 9.16. The summed E-state index contributed by atoms with van der Waals surface area (Å²) in [5.41, 5.74) is -0.178. The summed E-state index contributed by atoms with van der Waals surface area (Å²) in [5, 5.41) is 0.711. The van der Waals surface area contributed by atoms with Gasteiger partial charge in [-0.25, -0.2) is 9.78 Å². The van der Waals surface area contributed by atoms with Crippen LogP contribution >= 0.6 is 0 Å². The van der Waals surface area contributed by atoms with Crippen molar-refractivity contribution in [2.45, 2.75) is 6.92 Å². The van der Waals surface area contributed by atoms with Crippen LogP contribution in [-0.4, -0.2) is 15.5 Å². The number of carbonyl (C=O) groups excluding carboxylic acids is 1. The number of rotatable bonds is 1. The third-order valence-electron chi connectivity index (χ3n) is 2.92. The highest BCUT2D eigenvalue weighted by molar-refractivity contribution is 5.98. The molecule has 0 spiro atoms. The van der Waals surface area contributed by atoms with Crippen LogP contribution in [0.5, 0.6) is 0 Å². The lowest BCUT2D eigenvalue weighted by molar-refractivity contribution is 0.0954. The van der Waals surface area contributed by atoms with Gasteiger partial charge in [-0.3, -0.25) is 9.36 Å². The number of carbonyl (C=O) groups is 1. The van der Waals surface area contributed by atoms with Crippen molar-refractivity contribution in [3.63, 3.8) is 0 Å². The van der Waals surface area contributed by atoms with Crippen LogP contribution in [0.1, 0.15) is 16.2 Å². The molecule has 3 rings (SSSR count). The van der Waals surface area contributed by atoms with Gasteiger partial charge < -0.3 is 4.42 Å². The summed E-state index contributed by atoms with van der Waals surface area (Å²) < 4.78 is 6.46. The Morgan fingerprint density at radius 1 is 1.32 bits per heavy atom. The maximum atomic E-state index is 12.3. The van der Waals surface area contributed by atoms with Crippen molar-refractivity contribution in [2.75, 3.05) is 0 Å². The normalized spacial score (nSPS) is 10.8. The quantitative estimate of drug-likeness (QED) is 0.623. The number of para-hydroxylation sites is 1. The fourth-order valence-corrected chi connectivity index (χ4v) is 1.93. The van der Waals surface area contributed by atoms with Crippen molar-refractivity contribution >= 4 is 16.9 Å². The van der Waals surface area contributed by atoms with Gasteiger partial charge in [0, 0.05) is 17.8 Å². The van der Waals surface area contributed by atoms with Crippen LogP contribution in [-0.2, 0) is 0 Å². The Balaban J connectivity index is 2.20. The lowest BCUT2D eigenvalue weighted by Crippen LogP contribution is -2.20. The van der Waals surface area contributed by atoms with E-state index in [1.54, 1.807) is 31.2 Å². The molecule has 2 aromatic heterocycles. The molecule has 2 heterocycles. The maximum Gasteiger partial charge on any atom is 0.349 e. The van der Waals surface area contributed by atoms with E-state index in [1.165, 1.54) is 17.0 Å². The highest BCUT2D eigenvalue weighted by Gasteiger charge is 2.16. The third-order valence-corrected chi connectivity index (χ3v) is 2.92. The molecule has 0 atom stereocenters. The molecule has 19 heavy (non-hydrogen) atoms. The first kappa shape index (κ1) is 11.4. The van der Waals surface area contributed by atoms with E-state index in [-0.39, 0.29) is 5.56 Å². The highest BCUT2D eigenvalue weighted by atomic mass is 16.4. The van der Waals surface area contributed by atoms with Crippen LogP contribution in [0.25, 0.3) is 11.0 Å². The number of aromatic nitrogens is 2. The Morgan fingerprint density at radius 3 is 2.84 bits per heavy atom. The van der Waals surface area contributed by atoms with Crippen molar-refractivity contribution in [1.29, 1.82) is 0 Å². The molecule has 0 bridgehead atoms. The van der Waals surface area contributed by atoms with Gasteiger partial charge in [0.15, 0.2) is 0 Å². The number of aryl methyl sites for hydroxylation is 1. The first-order valence-corrected chi connectivity index (χ1v) is 5.74. The molecule has 0 amide bonds. The minimum atomic E-state index is -0.642. The molecule has 0 aliphatic heterocycles. The topological polar surface area (TPSA) is 65.1 Å². The van der Waals surface area contributed by atoms with Crippen LogP contribution in [0, 0.1) is 6.92 Å². The standard InChI is InChI=1S/C14H10N2O3/c1-9-15-6-7-16(9)13(17)11-8-10-4-2-3-5-12(10)19-14(11)18/h2-8H,1H3. The van der Waals surface area contributed by atoms with Crippen molar-refractivity contribution in [3.05, 3.63) is 64.5 Å². The molecule has 5 nitrogen and oxygen atoms in total. The van der Waals surface area contributed by atoms with Crippen LogP contribution in [0.2, 0.25) is 0 Å². The Labute approximate surface area is 108 Å². The molecule has 0 unspecified atom stereocenters. The molecule has 94 valence electrons. The number of hydrogen-bond donors (Lipinski definition) is 0. The second-order valence-electron chi connectivity index (χ2n) is 4.13. The number of hydrogen-bond acceptors (Lipinski definition) is 4. The molecular weight excluding hydrogens is 244 g/mol. The van der Waals surface area contributed by atoms with Gasteiger partial charge >= 0.3 is 5.63 Å². The van der Waals surface area contributed by atoms with E-state index in [2.05, 4.69) is 4.98 Å². The van der Waals surface area contributed by atoms with Crippen LogP contribution in [0.3, 0.4) is 0 Å². The van der Waals surface area contributed by atoms with E-state index in [4.69, 9.17) is 4.42 Å². The lowest BCUT2D eigenvalue weighted by Gasteiger charge is -2.03. The SMILES string of the molecule is Cc1nccn1C(=O)c1cc2ccccc2oc1=O. The van der Waals surface area contributed by atoms with Gasteiger partial charge in [-0.05, 0) is 19.1 Å². The van der Waals surface area contributed by atoms with Gasteiger partial charge in [-0.1, -0.05) is 18.2 Å². The Hall–Kier alpha value is -2.69. The summed E-state index contributed by atoms with van der Waals surface area (Å²) in [7, 11) is 0. The number of imidazole rings is 1. The zero-order valence-corrected chi connectivity index (χ0v) is 10.2. The van der Waals surface area contributed by atoms with Crippen LogP contribution in [0.15, 0.2) is 51.9 Å². The van der Waals surface area contributed by atoms with Crippen molar-refractivity contribution in [1.82, 2.24) is 9.55 Å². The Morgan fingerprint density at radius 2 is 2.11 bits per heavy atom. The largest absolute Gasteiger partial charge is 0.422 e. The van der Waals surface area contributed by atoms with Crippen LogP contribution < -0.4 is 5.63 Å². The van der Waals surface area contributed by atoms with Crippen LogP contribution in [0.4, 0.5) is 0 Å². The van der Waals surface area contributed by atoms with E-state index < -0.39 is 11.5 Å². The summed E-state index contributed by atoms with van der Waals surface area (Å²) in [4.78, 5) is 28.1. The zero-order valence-electron chi connectivity index (χ0n) is 10.2. The summed E-state index contributed by atoms with van der Waals surface area (Å²) in [6, 6.07) is 8.61. The summed E-state index contributed by atoms with van der Waals surface area (Å²) in [5.74, 6) is 0.0899. The first-order valence-electron chi connectivity index (χ1n) is 5.74. The van der Waals surface area contributed by atoms with Gasteiger partial charge in [0.2, 0.25) is 0 Å². The molecule has 0 aliphatic carbocycles. The molecule has 0 saturated heterocycles. The molecule has 1 aromatic carbocycles. The molecular formula is C14H10N2O3. The lowest BCUT2D eigenvalue weighted by atomic mass is 10.2. The summed E-state index contributed by atoms with van der Waals surface area (Å²) in [6.07, 6.45) is 3.03. The highest BCUT2D eigenvalue weighted by Crippen LogP contribution is 2.13. The third kappa shape index (κ3) is 1.85. The second kappa shape index (κ2) is 4.20. The van der Waals surface area contributed by atoms with Gasteiger partial charge in [0.25, 0.3) is 5.91 Å². The Kier molecular flexibility index (Phi) is 2.52. The zero-order chi connectivity index (χ0) is 13.4. The predicted molar refractivity (Wildman–Crippen MR) is 69.2 cm³/mol. The summed E-state index contributed by atoms with van der Waals surface area (Å²) in [6.45, 7) is 1.70. The monoisotopic (exact) mass is 254 g/mol. The van der Waals surface area contributed by atoms with Gasteiger partial charge in [0.1, 0.15) is 17.0 Å². The fourth-order valence-electron chi connectivity index (χ4n) is 1.93. The van der Waals surface area contributed by atoms with Crippen molar-refractivity contribution < 1.29 is 9.21 Å². The van der Waals surface area contributed by atoms with E-state index >= 15 is 0 Å². The summed E-state index contributed by atoms with van der Waals surface area (Å²) >= 11 is 0. The average molecular weight is 254 g/mol. The van der Waals surface area contributed by atoms with Crippen molar-refractivity contribution in [3.8, 4) is 0 Å². The van der Waals surface area contributed by atoms with E-state index in [0.29, 0.717) is 16.8 Å². The molecule has 0 aliphatic rings. The van der Waals surface area contributed by atoms with E-state index in [1.807, 2.05) is 6.07 Å². The average Bonchev–Trinajstić information content (AvgIpc) is 2.83. The minimum Gasteiger partial charge on any atom is -0.422 e. The van der Waals surface area contributed by atoms with E-state index in [0.717, 1.165) is 0 Å². The van der Waals surface area contributed by atoms with Gasteiger partial charge in [0.05, 0.1) is 0 Å². The molecule has 5 heteroatoms. The molecule has 0 fully saturated rings. The molecule has 0 N–H and O–H groups in total. The van der Waals surface area contributed by atoms with Gasteiger partial charge in [-0.15, -0.1) is 0 Å². The number of fused-ring (bicyclic) bond motifs is 1. The van der Waals surface area contributed by atoms with Crippen molar-refractivity contribution in [2.24, 2.45) is 0 Å².